The summed E-state index contributed by atoms with van der Waals surface area (Å²) in [7, 11) is 0. The van der Waals surface area contributed by atoms with Crippen LogP contribution < -0.4 is 4.90 Å². The molecule has 7 heteroatoms. The minimum absolute atomic E-state index is 0.120. The second kappa shape index (κ2) is 6.32. The first-order valence-corrected chi connectivity index (χ1v) is 10.3. The summed E-state index contributed by atoms with van der Waals surface area (Å²) >= 11 is 1.67. The van der Waals surface area contributed by atoms with Crippen molar-refractivity contribution in [2.75, 3.05) is 31.2 Å². The normalized spacial score (nSPS) is 36.0. The molecule has 2 saturated heterocycles. The summed E-state index contributed by atoms with van der Waals surface area (Å²) in [6.07, 6.45) is 6.91. The molecule has 2 aliphatic carbocycles. The number of ether oxygens (including phenoxy) is 3. The molecule has 6 nitrogen and oxygen atoms in total. The molecule has 0 amide bonds. The van der Waals surface area contributed by atoms with E-state index in [0.29, 0.717) is 18.4 Å². The van der Waals surface area contributed by atoms with Gasteiger partial charge < -0.3 is 19.1 Å². The van der Waals surface area contributed by atoms with Crippen LogP contribution in [-0.2, 0) is 25.6 Å². The molecular formula is C19H24N2O4S. The van der Waals surface area contributed by atoms with Crippen molar-refractivity contribution in [3.05, 3.63) is 22.7 Å². The fourth-order valence-electron chi connectivity index (χ4n) is 4.97. The Bertz CT molecular complexity index is 742. The Labute approximate surface area is 157 Å². The topological polar surface area (TPSA) is 60.9 Å². The molecule has 0 radical (unpaired) electrons. The average molecular weight is 376 g/mol. The standard InChI is InChI=1S/C19H24N2O4S/c1-12-8-13-2-3-16-19(13,15(9-12)17(22)25-16)24-11-14-10-20-18(26-14)21-4-6-23-7-5-21/h9-10,12-13,16H,2-8,11H2,1H3/t12-,13+,16+,19-/m1/s1. The number of nitrogens with zero attached hydrogens (tertiary/aromatic N) is 2. The summed E-state index contributed by atoms with van der Waals surface area (Å²) in [4.78, 5) is 20.3. The lowest BCUT2D eigenvalue weighted by Gasteiger charge is -2.38. The number of carbonyl (C=O) groups is 1. The van der Waals surface area contributed by atoms with E-state index in [1.165, 1.54) is 0 Å². The molecule has 4 aliphatic rings. The van der Waals surface area contributed by atoms with Crippen molar-refractivity contribution >= 4 is 22.4 Å². The first-order chi connectivity index (χ1) is 12.7. The Morgan fingerprint density at radius 3 is 3.08 bits per heavy atom. The highest BCUT2D eigenvalue weighted by Crippen LogP contribution is 2.55. The zero-order valence-electron chi connectivity index (χ0n) is 15.0. The summed E-state index contributed by atoms with van der Waals surface area (Å²) in [5.41, 5.74) is 0.230. The molecule has 2 aliphatic heterocycles. The first kappa shape index (κ1) is 16.7. The van der Waals surface area contributed by atoms with E-state index in [4.69, 9.17) is 14.2 Å². The highest BCUT2D eigenvalue weighted by Gasteiger charge is 2.63. The van der Waals surface area contributed by atoms with E-state index in [9.17, 15) is 4.79 Å². The van der Waals surface area contributed by atoms with Crippen LogP contribution in [-0.4, -0.2) is 49.0 Å². The fraction of sp³-hybridized carbons (Fsp3) is 0.684. The Kier molecular flexibility index (Phi) is 4.06. The van der Waals surface area contributed by atoms with E-state index >= 15 is 0 Å². The monoisotopic (exact) mass is 376 g/mol. The van der Waals surface area contributed by atoms with E-state index in [2.05, 4.69) is 22.9 Å². The maximum Gasteiger partial charge on any atom is 0.337 e. The molecule has 0 aromatic carbocycles. The lowest BCUT2D eigenvalue weighted by molar-refractivity contribution is -0.142. The number of thiazole rings is 1. The first-order valence-electron chi connectivity index (χ1n) is 9.51. The van der Waals surface area contributed by atoms with Crippen LogP contribution in [0.15, 0.2) is 17.8 Å². The minimum Gasteiger partial charge on any atom is -0.455 e. The summed E-state index contributed by atoms with van der Waals surface area (Å²) in [5.74, 6) is 0.609. The zero-order valence-corrected chi connectivity index (χ0v) is 15.8. The summed E-state index contributed by atoms with van der Waals surface area (Å²) in [5, 5.41) is 1.03. The fourth-order valence-corrected chi connectivity index (χ4v) is 5.85. The molecule has 3 fully saturated rings. The van der Waals surface area contributed by atoms with Gasteiger partial charge >= 0.3 is 5.97 Å². The van der Waals surface area contributed by atoms with Crippen molar-refractivity contribution in [2.24, 2.45) is 11.8 Å². The number of esters is 1. The SMILES string of the molecule is C[C@H]1C=C2C(=O)O[C@H]3CC[C@@H](C1)[C@@]23OCc1cnc(N2CCOCC2)s1. The molecule has 4 atom stereocenters. The lowest BCUT2D eigenvalue weighted by Crippen LogP contribution is -2.46. The van der Waals surface area contributed by atoms with Crippen molar-refractivity contribution in [1.29, 1.82) is 0 Å². The third-order valence-corrected chi connectivity index (χ3v) is 7.17. The van der Waals surface area contributed by atoms with Crippen molar-refractivity contribution in [3.8, 4) is 0 Å². The molecular weight excluding hydrogens is 352 g/mol. The van der Waals surface area contributed by atoms with Gasteiger partial charge in [-0.05, 0) is 31.1 Å². The molecule has 1 saturated carbocycles. The quantitative estimate of drug-likeness (QED) is 0.753. The number of aromatic nitrogens is 1. The Morgan fingerprint density at radius 1 is 1.38 bits per heavy atom. The number of anilines is 1. The van der Waals surface area contributed by atoms with Gasteiger partial charge in [0.2, 0.25) is 0 Å². The maximum atomic E-state index is 12.4. The van der Waals surface area contributed by atoms with Gasteiger partial charge in [0.05, 0.1) is 30.3 Å². The number of hydrogen-bond donors (Lipinski definition) is 0. The van der Waals surface area contributed by atoms with Crippen LogP contribution in [0, 0.1) is 11.8 Å². The van der Waals surface area contributed by atoms with Gasteiger partial charge in [0.1, 0.15) is 11.7 Å². The van der Waals surface area contributed by atoms with Gasteiger partial charge in [0, 0.05) is 19.3 Å². The Morgan fingerprint density at radius 2 is 2.23 bits per heavy atom. The highest BCUT2D eigenvalue weighted by molar-refractivity contribution is 7.15. The third kappa shape index (κ3) is 2.52. The highest BCUT2D eigenvalue weighted by atomic mass is 32.1. The van der Waals surface area contributed by atoms with Crippen LogP contribution in [0.2, 0.25) is 0 Å². The van der Waals surface area contributed by atoms with Gasteiger partial charge in [-0.25, -0.2) is 9.78 Å². The number of morpholine rings is 1. The van der Waals surface area contributed by atoms with Crippen LogP contribution in [0.4, 0.5) is 5.13 Å². The van der Waals surface area contributed by atoms with Crippen molar-refractivity contribution in [1.82, 2.24) is 4.98 Å². The average Bonchev–Trinajstić information content (AvgIpc) is 3.32. The molecule has 1 aromatic heterocycles. The van der Waals surface area contributed by atoms with Crippen LogP contribution in [0.3, 0.4) is 0 Å². The van der Waals surface area contributed by atoms with E-state index in [1.807, 2.05) is 6.20 Å². The molecule has 1 aromatic rings. The van der Waals surface area contributed by atoms with E-state index in [1.54, 1.807) is 11.3 Å². The third-order valence-electron chi connectivity index (χ3n) is 6.14. The van der Waals surface area contributed by atoms with Gasteiger partial charge in [-0.15, -0.1) is 0 Å². The second-order valence-corrected chi connectivity index (χ2v) is 8.85. The van der Waals surface area contributed by atoms with Gasteiger partial charge in [-0.1, -0.05) is 24.3 Å². The minimum atomic E-state index is -0.535. The van der Waals surface area contributed by atoms with Gasteiger partial charge in [-0.2, -0.15) is 0 Å². The van der Waals surface area contributed by atoms with Crippen molar-refractivity contribution in [2.45, 2.75) is 44.5 Å². The Hall–Kier alpha value is -1.44. The van der Waals surface area contributed by atoms with Crippen molar-refractivity contribution < 1.29 is 19.0 Å². The maximum absolute atomic E-state index is 12.4. The molecule has 140 valence electrons. The largest absolute Gasteiger partial charge is 0.455 e. The van der Waals surface area contributed by atoms with Crippen LogP contribution in [0.25, 0.3) is 0 Å². The number of carbonyl (C=O) groups excluding carboxylic acids is 1. The predicted molar refractivity (Wildman–Crippen MR) is 97.1 cm³/mol. The molecule has 3 heterocycles. The molecule has 0 bridgehead atoms. The second-order valence-electron chi connectivity index (χ2n) is 7.75. The molecule has 0 spiro atoms. The van der Waals surface area contributed by atoms with Crippen LogP contribution in [0.1, 0.15) is 31.1 Å². The van der Waals surface area contributed by atoms with Crippen LogP contribution in [0.5, 0.6) is 0 Å². The van der Waals surface area contributed by atoms with Gasteiger partial charge in [-0.3, -0.25) is 0 Å². The molecule has 0 N–H and O–H groups in total. The van der Waals surface area contributed by atoms with E-state index in [0.717, 1.165) is 61.1 Å². The zero-order chi connectivity index (χ0) is 17.7. The van der Waals surface area contributed by atoms with Crippen molar-refractivity contribution in [3.63, 3.8) is 0 Å². The molecule has 0 unspecified atom stereocenters. The predicted octanol–water partition coefficient (Wildman–Crippen LogP) is 2.54. The summed E-state index contributed by atoms with van der Waals surface area (Å²) in [6.45, 7) is 5.93. The summed E-state index contributed by atoms with van der Waals surface area (Å²) in [6, 6.07) is 0. The van der Waals surface area contributed by atoms with Gasteiger partial charge in [0.25, 0.3) is 0 Å². The number of hydrogen-bond acceptors (Lipinski definition) is 7. The summed E-state index contributed by atoms with van der Waals surface area (Å²) < 4.78 is 17.6. The molecule has 5 rings (SSSR count). The Balaban J connectivity index is 1.35. The van der Waals surface area contributed by atoms with E-state index < -0.39 is 5.60 Å². The van der Waals surface area contributed by atoms with Crippen LogP contribution >= 0.6 is 11.3 Å². The smallest absolute Gasteiger partial charge is 0.337 e. The lowest BCUT2D eigenvalue weighted by atomic mass is 9.73. The number of allylic oxidation sites excluding steroid dienone is 1. The molecule has 26 heavy (non-hydrogen) atoms. The van der Waals surface area contributed by atoms with Gasteiger partial charge in [0.15, 0.2) is 5.13 Å². The number of rotatable bonds is 4. The van der Waals surface area contributed by atoms with E-state index in [-0.39, 0.29) is 12.1 Å².